The second-order valence-corrected chi connectivity index (χ2v) is 5.60. The van der Waals surface area contributed by atoms with Crippen LogP contribution in [0.5, 0.6) is 0 Å². The van der Waals surface area contributed by atoms with Gasteiger partial charge < -0.3 is 14.2 Å². The molecule has 20 heavy (non-hydrogen) atoms. The van der Waals surface area contributed by atoms with Gasteiger partial charge in [-0.25, -0.2) is 0 Å². The van der Waals surface area contributed by atoms with E-state index in [1.165, 1.54) is 6.26 Å². The van der Waals surface area contributed by atoms with Crippen LogP contribution in [0.2, 0.25) is 0 Å². The van der Waals surface area contributed by atoms with Crippen LogP contribution in [0.25, 0.3) is 0 Å². The lowest BCUT2D eigenvalue weighted by molar-refractivity contribution is -0.131. The molecule has 0 bridgehead atoms. The zero-order valence-electron chi connectivity index (χ0n) is 12.2. The van der Waals surface area contributed by atoms with Gasteiger partial charge in [-0.15, -0.1) is 0 Å². The van der Waals surface area contributed by atoms with E-state index in [4.69, 9.17) is 4.42 Å². The predicted octanol–water partition coefficient (Wildman–Crippen LogP) is 2.00. The zero-order chi connectivity index (χ0) is 14.5. The first-order valence-electron chi connectivity index (χ1n) is 7.18. The lowest BCUT2D eigenvalue weighted by Crippen LogP contribution is -2.37. The Morgan fingerprint density at radius 1 is 1.20 bits per heavy atom. The first-order valence-corrected chi connectivity index (χ1v) is 7.18. The van der Waals surface area contributed by atoms with Gasteiger partial charge in [0.25, 0.3) is 5.91 Å². The summed E-state index contributed by atoms with van der Waals surface area (Å²) in [6, 6.07) is 3.39. The molecule has 110 valence electrons. The van der Waals surface area contributed by atoms with Crippen molar-refractivity contribution in [2.24, 2.45) is 5.92 Å². The predicted molar refractivity (Wildman–Crippen MR) is 75.3 cm³/mol. The minimum Gasteiger partial charge on any atom is -0.459 e. The van der Waals surface area contributed by atoms with Crippen LogP contribution in [0.4, 0.5) is 0 Å². The third-order valence-corrected chi connectivity index (χ3v) is 3.45. The number of carbonyl (C=O) groups is 2. The van der Waals surface area contributed by atoms with E-state index in [-0.39, 0.29) is 11.8 Å². The summed E-state index contributed by atoms with van der Waals surface area (Å²) in [6.07, 6.45) is 2.89. The molecule has 2 rings (SSSR count). The van der Waals surface area contributed by atoms with Crippen molar-refractivity contribution in [1.29, 1.82) is 0 Å². The van der Waals surface area contributed by atoms with Crippen molar-refractivity contribution in [3.63, 3.8) is 0 Å². The number of furan rings is 1. The van der Waals surface area contributed by atoms with Crippen molar-refractivity contribution in [2.45, 2.75) is 26.7 Å². The molecular formula is C15H22N2O3. The van der Waals surface area contributed by atoms with E-state index in [1.54, 1.807) is 17.0 Å². The van der Waals surface area contributed by atoms with E-state index in [0.717, 1.165) is 13.0 Å². The molecule has 1 saturated heterocycles. The van der Waals surface area contributed by atoms with Gasteiger partial charge in [0, 0.05) is 32.6 Å². The van der Waals surface area contributed by atoms with Gasteiger partial charge in [-0.3, -0.25) is 9.59 Å². The molecule has 0 spiro atoms. The Morgan fingerprint density at radius 2 is 1.90 bits per heavy atom. The van der Waals surface area contributed by atoms with E-state index in [1.807, 2.05) is 18.7 Å². The van der Waals surface area contributed by atoms with E-state index in [2.05, 4.69) is 0 Å². The first-order chi connectivity index (χ1) is 9.58. The highest BCUT2D eigenvalue weighted by Gasteiger charge is 2.24. The van der Waals surface area contributed by atoms with Crippen LogP contribution in [0.15, 0.2) is 22.8 Å². The van der Waals surface area contributed by atoms with Gasteiger partial charge >= 0.3 is 0 Å². The third kappa shape index (κ3) is 3.62. The number of hydrogen-bond donors (Lipinski definition) is 0. The fourth-order valence-electron chi connectivity index (χ4n) is 2.40. The molecule has 1 aromatic heterocycles. The number of hydrogen-bond acceptors (Lipinski definition) is 3. The summed E-state index contributed by atoms with van der Waals surface area (Å²) in [5.41, 5.74) is 0. The molecular weight excluding hydrogens is 256 g/mol. The summed E-state index contributed by atoms with van der Waals surface area (Å²) in [7, 11) is 0. The molecule has 5 nitrogen and oxygen atoms in total. The first kappa shape index (κ1) is 14.6. The van der Waals surface area contributed by atoms with Crippen LogP contribution in [-0.2, 0) is 4.79 Å². The van der Waals surface area contributed by atoms with E-state index in [0.29, 0.717) is 37.7 Å². The Labute approximate surface area is 119 Å². The molecule has 5 heteroatoms. The monoisotopic (exact) mass is 278 g/mol. The van der Waals surface area contributed by atoms with Gasteiger partial charge in [-0.1, -0.05) is 13.8 Å². The summed E-state index contributed by atoms with van der Waals surface area (Å²) in [5, 5.41) is 0. The van der Waals surface area contributed by atoms with Crippen molar-refractivity contribution in [1.82, 2.24) is 9.80 Å². The number of nitrogens with zero attached hydrogens (tertiary/aromatic N) is 2. The summed E-state index contributed by atoms with van der Waals surface area (Å²) in [5.74, 6) is 0.832. The molecule has 1 aliphatic rings. The Kier molecular flexibility index (Phi) is 4.82. The lowest BCUT2D eigenvalue weighted by atomic mass is 10.1. The molecule has 1 aromatic rings. The van der Waals surface area contributed by atoms with Crippen molar-refractivity contribution in [3.8, 4) is 0 Å². The summed E-state index contributed by atoms with van der Waals surface area (Å²) in [6.45, 7) is 6.67. The van der Waals surface area contributed by atoms with Crippen molar-refractivity contribution >= 4 is 11.8 Å². The average Bonchev–Trinajstić information content (AvgIpc) is 2.81. The normalized spacial score (nSPS) is 16.4. The average molecular weight is 278 g/mol. The minimum atomic E-state index is -0.0897. The Bertz CT molecular complexity index is 454. The summed E-state index contributed by atoms with van der Waals surface area (Å²) in [4.78, 5) is 27.9. The second kappa shape index (κ2) is 6.59. The Hall–Kier alpha value is -1.78. The maximum absolute atomic E-state index is 12.2. The molecule has 0 aliphatic carbocycles. The highest BCUT2D eigenvalue weighted by Crippen LogP contribution is 2.12. The van der Waals surface area contributed by atoms with Gasteiger partial charge in [-0.2, -0.15) is 0 Å². The van der Waals surface area contributed by atoms with Crippen LogP contribution < -0.4 is 0 Å². The Morgan fingerprint density at radius 3 is 2.55 bits per heavy atom. The molecule has 0 radical (unpaired) electrons. The molecule has 2 amide bonds. The number of carbonyl (C=O) groups excluding carboxylic acids is 2. The Balaban J connectivity index is 1.92. The standard InChI is InChI=1S/C15H22N2O3/c1-12(2)11-14(18)16-6-4-7-17(9-8-16)15(19)13-5-3-10-20-13/h3,5,10,12H,4,6-9,11H2,1-2H3. The third-order valence-electron chi connectivity index (χ3n) is 3.45. The molecule has 0 aromatic carbocycles. The maximum atomic E-state index is 12.2. The highest BCUT2D eigenvalue weighted by atomic mass is 16.3. The molecule has 0 atom stereocenters. The number of amides is 2. The van der Waals surface area contributed by atoms with E-state index in [9.17, 15) is 9.59 Å². The van der Waals surface area contributed by atoms with E-state index < -0.39 is 0 Å². The topological polar surface area (TPSA) is 53.8 Å². The summed E-state index contributed by atoms with van der Waals surface area (Å²) < 4.78 is 5.14. The number of rotatable bonds is 3. The van der Waals surface area contributed by atoms with Crippen molar-refractivity contribution in [3.05, 3.63) is 24.2 Å². The van der Waals surface area contributed by atoms with Gasteiger partial charge in [0.05, 0.1) is 6.26 Å². The van der Waals surface area contributed by atoms with Crippen LogP contribution in [0.3, 0.4) is 0 Å². The molecule has 1 aliphatic heterocycles. The maximum Gasteiger partial charge on any atom is 0.289 e. The van der Waals surface area contributed by atoms with E-state index >= 15 is 0 Å². The molecule has 0 saturated carbocycles. The quantitative estimate of drug-likeness (QED) is 0.849. The fourth-order valence-corrected chi connectivity index (χ4v) is 2.40. The van der Waals surface area contributed by atoms with Gasteiger partial charge in [0.15, 0.2) is 5.76 Å². The largest absolute Gasteiger partial charge is 0.459 e. The highest BCUT2D eigenvalue weighted by molar-refractivity contribution is 5.91. The van der Waals surface area contributed by atoms with Gasteiger partial charge in [0.2, 0.25) is 5.91 Å². The van der Waals surface area contributed by atoms with Gasteiger partial charge in [-0.05, 0) is 24.5 Å². The second-order valence-electron chi connectivity index (χ2n) is 5.60. The lowest BCUT2D eigenvalue weighted by Gasteiger charge is -2.22. The van der Waals surface area contributed by atoms with Crippen LogP contribution >= 0.6 is 0 Å². The van der Waals surface area contributed by atoms with Crippen LogP contribution in [0.1, 0.15) is 37.2 Å². The summed E-state index contributed by atoms with van der Waals surface area (Å²) >= 11 is 0. The smallest absolute Gasteiger partial charge is 0.289 e. The molecule has 1 fully saturated rings. The van der Waals surface area contributed by atoms with Crippen molar-refractivity contribution in [2.75, 3.05) is 26.2 Å². The zero-order valence-corrected chi connectivity index (χ0v) is 12.2. The van der Waals surface area contributed by atoms with Gasteiger partial charge in [0.1, 0.15) is 0 Å². The molecule has 0 unspecified atom stereocenters. The fraction of sp³-hybridized carbons (Fsp3) is 0.600. The van der Waals surface area contributed by atoms with Crippen LogP contribution in [0, 0.1) is 5.92 Å². The molecule has 2 heterocycles. The molecule has 0 N–H and O–H groups in total. The van der Waals surface area contributed by atoms with Crippen LogP contribution in [-0.4, -0.2) is 47.8 Å². The minimum absolute atomic E-state index is 0.0897. The van der Waals surface area contributed by atoms with Crippen molar-refractivity contribution < 1.29 is 14.0 Å². The SMILES string of the molecule is CC(C)CC(=O)N1CCCN(C(=O)c2ccco2)CC1.